The molecule has 2 heterocycles. The van der Waals surface area contributed by atoms with Crippen LogP contribution in [0.4, 0.5) is 11.4 Å². The quantitative estimate of drug-likeness (QED) is 0.0325. The third-order valence-electron chi connectivity index (χ3n) is 12.7. The van der Waals surface area contributed by atoms with Crippen molar-refractivity contribution in [3.63, 3.8) is 0 Å². The molecule has 2 aliphatic rings. The number of hydrogen-bond acceptors (Lipinski definition) is 10. The predicted molar refractivity (Wildman–Crippen MR) is 316 cm³/mol. The van der Waals surface area contributed by atoms with Crippen LogP contribution in [-0.2, 0) is 14.4 Å². The number of allylic oxidation sites excluding steroid dienone is 3. The number of carbonyl (C=O) groups excluding carboxylic acids is 2. The Morgan fingerprint density at radius 3 is 1.43 bits per heavy atom. The van der Waals surface area contributed by atoms with Crippen molar-refractivity contribution < 1.29 is 38.4 Å². The molecule has 4 N–H and O–H groups in total. The fraction of sp³-hybridized carbons (Fsp3) is 0.361. The average Bonchev–Trinajstić information content (AvgIpc) is 3.42. The first-order valence-electron chi connectivity index (χ1n) is 25.8. The SMILES string of the molecule is C=CCC(C(=O)Cl)c1cccc(Cl)c1.C=CCC(C(=O)Nc1ccc(OC)c(OCCN2CCCCC2)c1)c1cccc(Cl)c1.C=CCC(C(=O)O)c1cccc(Cl)c1.COc1ccc(N)cc1OCCN1CCCCC1. The van der Waals surface area contributed by atoms with Crippen molar-refractivity contribution in [3.8, 4) is 23.0 Å². The van der Waals surface area contributed by atoms with Gasteiger partial charge in [-0.3, -0.25) is 24.2 Å². The zero-order valence-corrected chi connectivity index (χ0v) is 47.3. The first-order valence-corrected chi connectivity index (χ1v) is 27.3. The number of hydrogen-bond donors (Lipinski definition) is 3. The number of methoxy groups -OCH3 is 2. The Balaban J connectivity index is 0.000000237. The maximum Gasteiger partial charge on any atom is 0.311 e. The summed E-state index contributed by atoms with van der Waals surface area (Å²) in [4.78, 5) is 39.9. The number of ether oxygens (including phenoxy) is 4. The van der Waals surface area contributed by atoms with E-state index in [-0.39, 0.29) is 23.0 Å². The number of carboxylic acid groups (broad SMARTS) is 1. The van der Waals surface area contributed by atoms with Crippen LogP contribution in [0.25, 0.3) is 0 Å². The van der Waals surface area contributed by atoms with Gasteiger partial charge in [-0.15, -0.1) is 19.7 Å². The van der Waals surface area contributed by atoms with Crippen molar-refractivity contribution in [2.45, 2.75) is 75.5 Å². The largest absolute Gasteiger partial charge is 0.493 e. The summed E-state index contributed by atoms with van der Waals surface area (Å²) in [6, 6.07) is 32.3. The van der Waals surface area contributed by atoms with Crippen LogP contribution in [0.3, 0.4) is 0 Å². The second-order valence-electron chi connectivity index (χ2n) is 18.3. The lowest BCUT2D eigenvalue weighted by Crippen LogP contribution is -2.33. The molecule has 0 saturated carbocycles. The van der Waals surface area contributed by atoms with E-state index in [1.165, 1.54) is 51.6 Å². The predicted octanol–water partition coefficient (Wildman–Crippen LogP) is 14.5. The van der Waals surface area contributed by atoms with Crippen LogP contribution >= 0.6 is 46.4 Å². The van der Waals surface area contributed by atoms with Gasteiger partial charge >= 0.3 is 5.97 Å². The zero-order valence-electron chi connectivity index (χ0n) is 44.3. The van der Waals surface area contributed by atoms with Gasteiger partial charge in [0.1, 0.15) is 13.2 Å². The second-order valence-corrected chi connectivity index (χ2v) is 20.0. The molecule has 1 amide bonds. The molecule has 0 aromatic heterocycles. The van der Waals surface area contributed by atoms with E-state index in [9.17, 15) is 14.4 Å². The van der Waals surface area contributed by atoms with Gasteiger partial charge in [0.2, 0.25) is 11.1 Å². The van der Waals surface area contributed by atoms with Gasteiger partial charge in [-0.2, -0.15) is 0 Å². The number of amides is 1. The number of halogens is 4. The standard InChI is InChI=1S/C25H31ClN2O3.C14H22N2O2.C11H10Cl2O.C11H11ClO2/c1-3-8-22(19-9-7-10-20(26)17-19)25(29)27-21-11-12-23(30-2)24(18-21)31-16-15-28-13-5-4-6-14-28;1-17-13-6-5-12(15)11-14(13)18-10-9-16-7-3-2-4-8-16;2*1-2-4-10(11(13)14)8-5-3-6-9(12)7-8/h3,7,9-12,17-18,22H,1,4-6,8,13-16H2,2H3,(H,27,29);5-6,11H,2-4,7-10,15H2,1H3;2-3,5-7,10H,1,4H2;2-3,5-7,10H,1,4H2,(H,13,14). The molecule has 2 fully saturated rings. The van der Waals surface area contributed by atoms with Gasteiger partial charge in [-0.05, 0) is 160 Å². The average molecular weight is 1130 g/mol. The van der Waals surface area contributed by atoms with Gasteiger partial charge in [0.05, 0.1) is 32.0 Å². The molecule has 2 saturated heterocycles. The summed E-state index contributed by atoms with van der Waals surface area (Å²) < 4.78 is 22.5. The molecule has 0 radical (unpaired) electrons. The Morgan fingerprint density at radius 2 is 1.00 bits per heavy atom. The molecular formula is C61H74Cl4N4O8. The van der Waals surface area contributed by atoms with Crippen molar-refractivity contribution >= 4 is 74.9 Å². The number of piperidine rings is 2. The molecule has 414 valence electrons. The Bertz CT molecular complexity index is 2570. The summed E-state index contributed by atoms with van der Waals surface area (Å²) >= 11 is 23.2. The zero-order chi connectivity index (χ0) is 56.0. The Morgan fingerprint density at radius 1 is 0.584 bits per heavy atom. The Hall–Kier alpha value is -5.99. The third kappa shape index (κ3) is 22.9. The number of carboxylic acids is 1. The van der Waals surface area contributed by atoms with Crippen LogP contribution in [0.1, 0.15) is 92.2 Å². The highest BCUT2D eigenvalue weighted by atomic mass is 35.5. The first kappa shape index (κ1) is 63.5. The molecule has 12 nitrogen and oxygen atoms in total. The molecule has 3 unspecified atom stereocenters. The van der Waals surface area contributed by atoms with E-state index in [0.717, 1.165) is 48.8 Å². The summed E-state index contributed by atoms with van der Waals surface area (Å²) in [6.07, 6.45) is 14.3. The number of rotatable bonds is 23. The number of likely N-dealkylation sites (tertiary alicyclic amines) is 2. The molecule has 7 rings (SSSR count). The molecule has 0 aliphatic carbocycles. The maximum atomic E-state index is 13.0. The van der Waals surface area contributed by atoms with Crippen molar-refractivity contribution in [2.24, 2.45) is 0 Å². The van der Waals surface area contributed by atoms with Crippen LogP contribution in [0.5, 0.6) is 23.0 Å². The Kier molecular flexibility index (Phi) is 29.2. The minimum atomic E-state index is -0.854. The normalized spacial score (nSPS) is 14.4. The van der Waals surface area contributed by atoms with Crippen molar-refractivity contribution in [3.05, 3.63) is 179 Å². The smallest absolute Gasteiger partial charge is 0.311 e. The number of aliphatic carboxylic acids is 1. The van der Waals surface area contributed by atoms with Crippen molar-refractivity contribution in [1.82, 2.24) is 9.80 Å². The minimum Gasteiger partial charge on any atom is -0.493 e. The van der Waals surface area contributed by atoms with Gasteiger partial charge in [-0.25, -0.2) is 0 Å². The fourth-order valence-electron chi connectivity index (χ4n) is 8.64. The van der Waals surface area contributed by atoms with Crippen molar-refractivity contribution in [2.75, 3.05) is 77.8 Å². The van der Waals surface area contributed by atoms with E-state index >= 15 is 0 Å². The summed E-state index contributed by atoms with van der Waals surface area (Å²) in [5.74, 6) is 0.506. The molecule has 3 atom stereocenters. The van der Waals surface area contributed by atoms with Crippen LogP contribution in [0.2, 0.25) is 15.1 Å². The van der Waals surface area contributed by atoms with Gasteiger partial charge in [0.15, 0.2) is 23.0 Å². The van der Waals surface area contributed by atoms with Gasteiger partial charge < -0.3 is 35.1 Å². The van der Waals surface area contributed by atoms with Crippen LogP contribution in [0, 0.1) is 0 Å². The molecular weight excluding hydrogens is 1060 g/mol. The third-order valence-corrected chi connectivity index (χ3v) is 13.7. The highest BCUT2D eigenvalue weighted by molar-refractivity contribution is 6.64. The molecule has 77 heavy (non-hydrogen) atoms. The van der Waals surface area contributed by atoms with Crippen molar-refractivity contribution in [1.29, 1.82) is 0 Å². The number of nitrogen functional groups attached to an aromatic ring is 1. The van der Waals surface area contributed by atoms with E-state index < -0.39 is 11.9 Å². The number of carbonyl (C=O) groups is 3. The number of nitrogens with two attached hydrogens (primary N) is 1. The highest BCUT2D eigenvalue weighted by Gasteiger charge is 2.22. The van der Waals surface area contributed by atoms with Crippen LogP contribution in [-0.4, -0.2) is 98.7 Å². The molecule has 2 aliphatic heterocycles. The van der Waals surface area contributed by atoms with E-state index in [0.29, 0.717) is 76.0 Å². The lowest BCUT2D eigenvalue weighted by Gasteiger charge is -2.26. The highest BCUT2D eigenvalue weighted by Crippen LogP contribution is 2.33. The topological polar surface area (TPSA) is 153 Å². The minimum absolute atomic E-state index is 0.119. The van der Waals surface area contributed by atoms with Crippen LogP contribution in [0.15, 0.2) is 147 Å². The van der Waals surface area contributed by atoms with Gasteiger partial charge in [-0.1, -0.05) is 102 Å². The molecule has 0 spiro atoms. The Labute approximate surface area is 475 Å². The number of nitrogens with one attached hydrogen (secondary N) is 1. The lowest BCUT2D eigenvalue weighted by molar-refractivity contribution is -0.138. The molecule has 5 aromatic rings. The monoisotopic (exact) mass is 1130 g/mol. The fourth-order valence-corrected chi connectivity index (χ4v) is 9.45. The van der Waals surface area contributed by atoms with E-state index in [2.05, 4.69) is 34.9 Å². The summed E-state index contributed by atoms with van der Waals surface area (Å²) in [5.41, 5.74) is 9.51. The molecule has 0 bridgehead atoms. The lowest BCUT2D eigenvalue weighted by atomic mass is 9.94. The van der Waals surface area contributed by atoms with Crippen LogP contribution < -0.4 is 30.0 Å². The van der Waals surface area contributed by atoms with Gasteiger partial charge in [0.25, 0.3) is 0 Å². The molecule has 16 heteroatoms. The van der Waals surface area contributed by atoms with Gasteiger partial charge in [0, 0.05) is 51.7 Å². The maximum absolute atomic E-state index is 13.0. The summed E-state index contributed by atoms with van der Waals surface area (Å²) in [5, 5.41) is 13.3. The molecule has 5 aromatic carbocycles. The first-order chi connectivity index (χ1) is 37.2. The number of anilines is 2. The second kappa shape index (κ2) is 35.4. The van der Waals surface area contributed by atoms with E-state index in [4.69, 9.17) is 76.2 Å². The summed E-state index contributed by atoms with van der Waals surface area (Å²) in [7, 11) is 3.26. The van der Waals surface area contributed by atoms with E-state index in [1.54, 1.807) is 81.0 Å². The number of nitrogens with zero attached hydrogens (tertiary/aromatic N) is 2. The summed E-state index contributed by atoms with van der Waals surface area (Å²) in [6.45, 7) is 18.7. The number of benzene rings is 5. The van der Waals surface area contributed by atoms with E-state index in [1.807, 2.05) is 60.7 Å².